The maximum absolute atomic E-state index is 10.2. The predicted octanol–water partition coefficient (Wildman–Crippen LogP) is 5.15. The van der Waals surface area contributed by atoms with Gasteiger partial charge in [-0.3, -0.25) is 0 Å². The summed E-state index contributed by atoms with van der Waals surface area (Å²) in [5, 5.41) is 0. The van der Waals surface area contributed by atoms with E-state index in [9.17, 15) is 13.0 Å². The second-order valence-electron chi connectivity index (χ2n) is 7.15. The van der Waals surface area contributed by atoms with E-state index in [-0.39, 0.29) is 16.9 Å². The summed E-state index contributed by atoms with van der Waals surface area (Å²) in [5.74, 6) is 0. The highest BCUT2D eigenvalue weighted by Crippen LogP contribution is 2.30. The number of hydrogen-bond donors (Lipinski definition) is 1. The van der Waals surface area contributed by atoms with E-state index in [1.54, 1.807) is 0 Å². The van der Waals surface area contributed by atoms with Crippen molar-refractivity contribution in [2.45, 2.75) is 52.8 Å². The fourth-order valence-corrected chi connectivity index (χ4v) is 6.25. The van der Waals surface area contributed by atoms with Gasteiger partial charge in [-0.25, -0.2) is 13.1 Å². The maximum atomic E-state index is 10.2. The second-order valence-corrected chi connectivity index (χ2v) is 10.3. The Bertz CT molecular complexity index is 881. The lowest BCUT2D eigenvalue weighted by atomic mass is 9.96. The van der Waals surface area contributed by atoms with Gasteiger partial charge in [-0.1, -0.05) is 73.9 Å². The van der Waals surface area contributed by atoms with Crippen LogP contribution in [0.4, 0.5) is 0 Å². The van der Waals surface area contributed by atoms with E-state index < -0.39 is 10.3 Å². The molecule has 0 unspecified atom stereocenters. The average Bonchev–Trinajstić information content (AvgIpc) is 2.76. The first-order chi connectivity index (χ1) is 14.5. The van der Waals surface area contributed by atoms with E-state index in [1.807, 2.05) is 0 Å². The van der Waals surface area contributed by atoms with Gasteiger partial charge in [-0.15, -0.1) is 0 Å². The molecule has 6 heteroatoms. The van der Waals surface area contributed by atoms with Crippen LogP contribution in [0, 0.1) is 0 Å². The summed E-state index contributed by atoms with van der Waals surface area (Å²) in [5.41, 5.74) is 0. The Morgan fingerprint density at radius 2 is 1.03 bits per heavy atom. The van der Waals surface area contributed by atoms with Crippen LogP contribution in [0.25, 0.3) is 0 Å². The van der Waals surface area contributed by atoms with Crippen molar-refractivity contribution < 1.29 is 13.0 Å². The van der Waals surface area contributed by atoms with Crippen molar-refractivity contribution in [2.24, 2.45) is 0 Å². The molecule has 1 aliphatic rings. The molecule has 0 radical (unpaired) electrons. The number of hydrogen-bond acceptors (Lipinski definition) is 3. The van der Waals surface area contributed by atoms with Gasteiger partial charge < -0.3 is 4.55 Å². The first-order valence-corrected chi connectivity index (χ1v) is 12.8. The van der Waals surface area contributed by atoms with Crippen molar-refractivity contribution in [1.29, 1.82) is 0 Å². The molecule has 0 aliphatic heterocycles. The van der Waals surface area contributed by atoms with E-state index in [4.69, 9.17) is 0 Å². The molecule has 4 nitrogen and oxygen atoms in total. The normalized spacial score (nSPS) is 14.7. The predicted molar refractivity (Wildman–Crippen MR) is 121 cm³/mol. The van der Waals surface area contributed by atoms with Gasteiger partial charge in [0.1, 0.15) is 0 Å². The standard InChI is InChI=1S/C18H15S.C6H13NO3S/c1-4-10-16(11-5-1)19(17-12-6-2-7-13-17)18-14-8-3-9-15-18;8-11(9,10)7-6-4-2-1-3-5-6/h1-15H;6-7H,1-5H2,(H,8,9,10)/q+1;/p-1. The fraction of sp³-hybridized carbons (Fsp3) is 0.250. The van der Waals surface area contributed by atoms with Gasteiger partial charge in [0, 0.05) is 6.04 Å². The molecule has 0 bridgehead atoms. The van der Waals surface area contributed by atoms with E-state index in [0.29, 0.717) is 0 Å². The molecule has 0 amide bonds. The minimum atomic E-state index is -4.22. The quantitative estimate of drug-likeness (QED) is 0.440. The lowest BCUT2D eigenvalue weighted by molar-refractivity contribution is 0.382. The smallest absolute Gasteiger partial charge is 0.166 e. The highest BCUT2D eigenvalue weighted by molar-refractivity contribution is 7.97. The zero-order valence-electron chi connectivity index (χ0n) is 16.8. The Labute approximate surface area is 182 Å². The van der Waals surface area contributed by atoms with Gasteiger partial charge in [-0.2, -0.15) is 0 Å². The molecule has 0 heterocycles. The first-order valence-electron chi connectivity index (χ1n) is 10.2. The van der Waals surface area contributed by atoms with Crippen LogP contribution >= 0.6 is 0 Å². The summed E-state index contributed by atoms with van der Waals surface area (Å²) in [7, 11) is -4.24. The van der Waals surface area contributed by atoms with Crippen molar-refractivity contribution >= 4 is 21.2 Å². The molecule has 3 aromatic carbocycles. The molecule has 0 saturated heterocycles. The minimum Gasteiger partial charge on any atom is -0.735 e. The van der Waals surface area contributed by atoms with Crippen LogP contribution in [0.3, 0.4) is 0 Å². The molecule has 0 aromatic heterocycles. The van der Waals surface area contributed by atoms with Gasteiger partial charge in [0.2, 0.25) is 0 Å². The third-order valence-electron chi connectivity index (χ3n) is 4.85. The van der Waals surface area contributed by atoms with Crippen molar-refractivity contribution in [3.8, 4) is 0 Å². The third-order valence-corrected chi connectivity index (χ3v) is 7.71. The van der Waals surface area contributed by atoms with E-state index in [0.717, 1.165) is 32.1 Å². The average molecular weight is 442 g/mol. The van der Waals surface area contributed by atoms with Gasteiger partial charge in [0.15, 0.2) is 25.0 Å². The Morgan fingerprint density at radius 1 is 0.667 bits per heavy atom. The minimum absolute atomic E-state index is 0.0146. The van der Waals surface area contributed by atoms with Crippen LogP contribution in [0.5, 0.6) is 0 Å². The lowest BCUT2D eigenvalue weighted by Gasteiger charge is -2.23. The largest absolute Gasteiger partial charge is 0.735 e. The van der Waals surface area contributed by atoms with Gasteiger partial charge in [-0.05, 0) is 49.2 Å². The molecule has 4 rings (SSSR count). The van der Waals surface area contributed by atoms with Crippen molar-refractivity contribution in [1.82, 2.24) is 4.72 Å². The third kappa shape index (κ3) is 7.29. The Morgan fingerprint density at radius 3 is 1.37 bits per heavy atom. The summed E-state index contributed by atoms with van der Waals surface area (Å²) in [6, 6.07) is 32.0. The van der Waals surface area contributed by atoms with Crippen molar-refractivity contribution in [2.75, 3.05) is 0 Å². The zero-order chi connectivity index (χ0) is 21.2. The van der Waals surface area contributed by atoms with Crippen LogP contribution in [-0.4, -0.2) is 19.0 Å². The summed E-state index contributed by atoms with van der Waals surface area (Å²) >= 11 is 0. The molecular formula is C24H27NO3S2. The molecule has 158 valence electrons. The molecular weight excluding hydrogens is 414 g/mol. The van der Waals surface area contributed by atoms with Crippen LogP contribution in [0.2, 0.25) is 0 Å². The van der Waals surface area contributed by atoms with Crippen LogP contribution < -0.4 is 4.72 Å². The Balaban J connectivity index is 0.000000199. The SMILES string of the molecule is O=S(=O)([O-])NC1CCCCC1.c1ccc([S+](c2ccccc2)c2ccccc2)cc1. The van der Waals surface area contributed by atoms with Gasteiger partial charge in [0.05, 0.1) is 10.9 Å². The molecule has 30 heavy (non-hydrogen) atoms. The molecule has 0 atom stereocenters. The highest BCUT2D eigenvalue weighted by Gasteiger charge is 2.27. The molecule has 1 N–H and O–H groups in total. The van der Waals surface area contributed by atoms with E-state index >= 15 is 0 Å². The molecule has 0 spiro atoms. The van der Waals surface area contributed by atoms with Crippen LogP contribution in [-0.2, 0) is 21.2 Å². The Hall–Kier alpha value is -2.12. The fourth-order valence-electron chi connectivity index (χ4n) is 3.50. The first kappa shape index (κ1) is 22.6. The van der Waals surface area contributed by atoms with E-state index in [1.165, 1.54) is 14.7 Å². The number of benzene rings is 3. The molecule has 1 saturated carbocycles. The Kier molecular flexibility index (Phi) is 8.51. The molecule has 1 fully saturated rings. The summed E-state index contributed by atoms with van der Waals surface area (Å²) < 4.78 is 32.8. The molecule has 1 aliphatic carbocycles. The second kappa shape index (κ2) is 11.3. The van der Waals surface area contributed by atoms with Crippen molar-refractivity contribution in [3.63, 3.8) is 0 Å². The van der Waals surface area contributed by atoms with Gasteiger partial charge >= 0.3 is 0 Å². The summed E-state index contributed by atoms with van der Waals surface area (Å²) in [6.45, 7) is 0. The van der Waals surface area contributed by atoms with Crippen molar-refractivity contribution in [3.05, 3.63) is 91.0 Å². The number of rotatable bonds is 5. The maximum Gasteiger partial charge on any atom is 0.166 e. The summed E-state index contributed by atoms with van der Waals surface area (Å²) in [6.07, 6.45) is 4.81. The number of nitrogens with one attached hydrogen (secondary N) is 1. The monoisotopic (exact) mass is 441 g/mol. The van der Waals surface area contributed by atoms with Crippen LogP contribution in [0.1, 0.15) is 32.1 Å². The van der Waals surface area contributed by atoms with Crippen LogP contribution in [0.15, 0.2) is 106 Å². The van der Waals surface area contributed by atoms with E-state index in [2.05, 4.69) is 95.7 Å². The lowest BCUT2D eigenvalue weighted by Crippen LogP contribution is -2.35. The molecule has 3 aromatic rings. The topological polar surface area (TPSA) is 69.2 Å². The van der Waals surface area contributed by atoms with Gasteiger partial charge in [0.25, 0.3) is 0 Å². The highest BCUT2D eigenvalue weighted by atomic mass is 32.2. The zero-order valence-corrected chi connectivity index (χ0v) is 18.4. The summed E-state index contributed by atoms with van der Waals surface area (Å²) in [4.78, 5) is 4.08.